The quantitative estimate of drug-likeness (QED) is 0.475. The number of amides is 1. The first kappa shape index (κ1) is 18.6. The van der Waals surface area contributed by atoms with E-state index in [1.165, 1.54) is 12.0 Å². The Hall–Kier alpha value is -1.43. The van der Waals surface area contributed by atoms with Gasteiger partial charge in [-0.3, -0.25) is 19.2 Å². The molecule has 0 aromatic rings. The fourth-order valence-electron chi connectivity index (χ4n) is 1.22. The first-order valence-electron chi connectivity index (χ1n) is 6.86. The van der Waals surface area contributed by atoms with Crippen molar-refractivity contribution in [1.29, 1.82) is 0 Å². The second-order valence-electron chi connectivity index (χ2n) is 5.20. The lowest BCUT2D eigenvalue weighted by Gasteiger charge is -2.23. The standard InChI is InChI=1S/C14H25NO5/c1-10(2)13(17)15(20-8-6-12(5)16)7-9-19-14(18)11(3)4/h10-11H,6-9H2,1-5H3. The number of ketones is 1. The molecule has 0 fully saturated rings. The first-order valence-corrected chi connectivity index (χ1v) is 6.86. The molecule has 116 valence electrons. The molecule has 1 amide bonds. The van der Waals surface area contributed by atoms with E-state index in [1.54, 1.807) is 27.7 Å². The monoisotopic (exact) mass is 287 g/mol. The summed E-state index contributed by atoms with van der Waals surface area (Å²) >= 11 is 0. The van der Waals surface area contributed by atoms with E-state index in [-0.39, 0.29) is 55.7 Å². The third-order valence-electron chi connectivity index (χ3n) is 2.45. The van der Waals surface area contributed by atoms with Gasteiger partial charge in [0.15, 0.2) is 0 Å². The van der Waals surface area contributed by atoms with Crippen LogP contribution >= 0.6 is 0 Å². The van der Waals surface area contributed by atoms with Gasteiger partial charge in [0.05, 0.1) is 19.1 Å². The molecule has 0 aliphatic carbocycles. The Balaban J connectivity index is 4.28. The molecule has 0 atom stereocenters. The zero-order chi connectivity index (χ0) is 15.7. The lowest BCUT2D eigenvalue weighted by molar-refractivity contribution is -0.195. The number of carbonyl (C=O) groups is 3. The smallest absolute Gasteiger partial charge is 0.308 e. The van der Waals surface area contributed by atoms with Crippen LogP contribution in [0.5, 0.6) is 0 Å². The second-order valence-corrected chi connectivity index (χ2v) is 5.20. The van der Waals surface area contributed by atoms with Gasteiger partial charge in [-0.05, 0) is 6.92 Å². The summed E-state index contributed by atoms with van der Waals surface area (Å²) in [5.74, 6) is -0.955. The summed E-state index contributed by atoms with van der Waals surface area (Å²) in [6, 6.07) is 0. The van der Waals surface area contributed by atoms with Crippen LogP contribution in [0.25, 0.3) is 0 Å². The van der Waals surface area contributed by atoms with Gasteiger partial charge in [-0.1, -0.05) is 27.7 Å². The number of rotatable bonds is 9. The van der Waals surface area contributed by atoms with E-state index >= 15 is 0 Å². The van der Waals surface area contributed by atoms with Crippen molar-refractivity contribution in [2.75, 3.05) is 19.8 Å². The number of nitrogens with zero attached hydrogens (tertiary/aromatic N) is 1. The molecular weight excluding hydrogens is 262 g/mol. The maximum absolute atomic E-state index is 11.9. The minimum atomic E-state index is -0.314. The molecule has 0 saturated heterocycles. The van der Waals surface area contributed by atoms with E-state index in [1.807, 2.05) is 0 Å². The van der Waals surface area contributed by atoms with Crippen molar-refractivity contribution in [2.45, 2.75) is 41.0 Å². The van der Waals surface area contributed by atoms with Gasteiger partial charge in [0.2, 0.25) is 5.91 Å². The Morgan fingerprint density at radius 2 is 1.60 bits per heavy atom. The molecule has 0 aliphatic rings. The Bertz CT molecular complexity index is 338. The van der Waals surface area contributed by atoms with Gasteiger partial charge in [0.1, 0.15) is 12.4 Å². The highest BCUT2D eigenvalue weighted by Gasteiger charge is 2.19. The molecule has 0 aromatic heterocycles. The number of Topliss-reactive ketones (excluding diaryl/α,β-unsaturated/α-hetero) is 1. The molecule has 6 nitrogen and oxygen atoms in total. The number of carbonyl (C=O) groups excluding carboxylic acids is 3. The van der Waals surface area contributed by atoms with Crippen molar-refractivity contribution in [2.24, 2.45) is 11.8 Å². The number of hydroxylamine groups is 2. The van der Waals surface area contributed by atoms with Crippen LogP contribution in [0.15, 0.2) is 0 Å². The van der Waals surface area contributed by atoms with E-state index in [4.69, 9.17) is 9.57 Å². The van der Waals surface area contributed by atoms with Gasteiger partial charge in [0.25, 0.3) is 0 Å². The van der Waals surface area contributed by atoms with E-state index in [2.05, 4.69) is 0 Å². The average molecular weight is 287 g/mol. The van der Waals surface area contributed by atoms with Crippen molar-refractivity contribution < 1.29 is 24.0 Å². The van der Waals surface area contributed by atoms with Gasteiger partial charge in [0, 0.05) is 12.3 Å². The average Bonchev–Trinajstić information content (AvgIpc) is 2.35. The molecule has 0 rings (SSSR count). The zero-order valence-electron chi connectivity index (χ0n) is 13.0. The lowest BCUT2D eigenvalue weighted by atomic mass is 10.2. The normalized spacial score (nSPS) is 10.8. The van der Waals surface area contributed by atoms with E-state index in [9.17, 15) is 14.4 Å². The zero-order valence-corrected chi connectivity index (χ0v) is 13.0. The molecule has 0 unspecified atom stereocenters. The minimum Gasteiger partial charge on any atom is -0.463 e. The predicted molar refractivity (Wildman–Crippen MR) is 73.6 cm³/mol. The Kier molecular flexibility index (Phi) is 8.79. The first-order chi connectivity index (χ1) is 9.25. The van der Waals surface area contributed by atoms with Crippen molar-refractivity contribution in [3.63, 3.8) is 0 Å². The summed E-state index contributed by atoms with van der Waals surface area (Å²) in [7, 11) is 0. The molecule has 0 saturated carbocycles. The number of esters is 1. The summed E-state index contributed by atoms with van der Waals surface area (Å²) in [6.07, 6.45) is 0.244. The van der Waals surface area contributed by atoms with E-state index in [0.29, 0.717) is 0 Å². The van der Waals surface area contributed by atoms with Gasteiger partial charge in [-0.15, -0.1) is 0 Å². The van der Waals surface area contributed by atoms with Crippen molar-refractivity contribution >= 4 is 17.7 Å². The van der Waals surface area contributed by atoms with Crippen LogP contribution < -0.4 is 0 Å². The molecule has 0 spiro atoms. The minimum absolute atomic E-state index is 0.00631. The molecule has 6 heteroatoms. The largest absolute Gasteiger partial charge is 0.463 e. The van der Waals surface area contributed by atoms with Crippen LogP contribution in [0, 0.1) is 11.8 Å². The van der Waals surface area contributed by atoms with Gasteiger partial charge < -0.3 is 4.74 Å². The lowest BCUT2D eigenvalue weighted by Crippen LogP contribution is -2.38. The molecule has 0 bridgehead atoms. The van der Waals surface area contributed by atoms with Crippen LogP contribution in [-0.2, 0) is 24.0 Å². The summed E-state index contributed by atoms with van der Waals surface area (Å²) in [5.41, 5.74) is 0. The Labute approximate surface area is 120 Å². The SMILES string of the molecule is CC(=O)CCON(CCOC(=O)C(C)C)C(=O)C(C)C. The summed E-state index contributed by atoms with van der Waals surface area (Å²) in [6.45, 7) is 8.83. The number of ether oxygens (including phenoxy) is 1. The van der Waals surface area contributed by atoms with E-state index < -0.39 is 0 Å². The number of hydrogen-bond acceptors (Lipinski definition) is 5. The molecule has 20 heavy (non-hydrogen) atoms. The van der Waals surface area contributed by atoms with E-state index in [0.717, 1.165) is 0 Å². The maximum atomic E-state index is 11.9. The van der Waals surface area contributed by atoms with Gasteiger partial charge >= 0.3 is 5.97 Å². The fraction of sp³-hybridized carbons (Fsp3) is 0.786. The maximum Gasteiger partial charge on any atom is 0.308 e. The predicted octanol–water partition coefficient (Wildman–Crippen LogP) is 1.58. The molecular formula is C14H25NO5. The molecule has 0 aromatic carbocycles. The highest BCUT2D eigenvalue weighted by molar-refractivity contribution is 5.77. The third-order valence-corrected chi connectivity index (χ3v) is 2.45. The summed E-state index contributed by atoms with van der Waals surface area (Å²) in [4.78, 5) is 39.4. The van der Waals surface area contributed by atoms with Crippen molar-refractivity contribution in [1.82, 2.24) is 5.06 Å². The topological polar surface area (TPSA) is 72.9 Å². The Morgan fingerprint density at radius 1 is 1.00 bits per heavy atom. The van der Waals surface area contributed by atoms with Crippen molar-refractivity contribution in [3.8, 4) is 0 Å². The van der Waals surface area contributed by atoms with Crippen LogP contribution in [0.2, 0.25) is 0 Å². The van der Waals surface area contributed by atoms with Crippen LogP contribution in [0.4, 0.5) is 0 Å². The molecule has 0 aliphatic heterocycles. The number of hydrogen-bond donors (Lipinski definition) is 0. The second kappa shape index (κ2) is 9.47. The fourth-order valence-corrected chi connectivity index (χ4v) is 1.22. The van der Waals surface area contributed by atoms with Gasteiger partial charge in [-0.25, -0.2) is 5.06 Å². The van der Waals surface area contributed by atoms with Crippen molar-refractivity contribution in [3.05, 3.63) is 0 Å². The molecule has 0 radical (unpaired) electrons. The van der Waals surface area contributed by atoms with Crippen LogP contribution in [-0.4, -0.2) is 42.5 Å². The van der Waals surface area contributed by atoms with Crippen LogP contribution in [0.3, 0.4) is 0 Å². The third kappa shape index (κ3) is 7.89. The summed E-state index contributed by atoms with van der Waals surface area (Å²) in [5, 5.41) is 1.17. The summed E-state index contributed by atoms with van der Waals surface area (Å²) < 4.78 is 5.01. The highest BCUT2D eigenvalue weighted by atomic mass is 16.7. The van der Waals surface area contributed by atoms with Crippen LogP contribution in [0.1, 0.15) is 41.0 Å². The van der Waals surface area contributed by atoms with Gasteiger partial charge in [-0.2, -0.15) is 0 Å². The molecule has 0 heterocycles. The Morgan fingerprint density at radius 3 is 2.05 bits per heavy atom. The highest BCUT2D eigenvalue weighted by Crippen LogP contribution is 2.04. The molecule has 0 N–H and O–H groups in total.